The van der Waals surface area contributed by atoms with Crippen LogP contribution in [-0.2, 0) is 15.4 Å². The summed E-state index contributed by atoms with van der Waals surface area (Å²) in [5.41, 5.74) is 1.09. The fraction of sp³-hybridized carbons (Fsp3) is 0.391. The molecule has 2 aliphatic carbocycles. The van der Waals surface area contributed by atoms with E-state index < -0.39 is 15.9 Å². The third-order valence-electron chi connectivity index (χ3n) is 7.15. The molecule has 0 saturated heterocycles. The normalized spacial score (nSPS) is 22.8. The van der Waals surface area contributed by atoms with Crippen molar-refractivity contribution in [3.8, 4) is 0 Å². The van der Waals surface area contributed by atoms with Crippen LogP contribution < -0.4 is 4.90 Å². The molecule has 0 aromatic heterocycles. The first-order chi connectivity index (χ1) is 14.8. The first-order valence-electron chi connectivity index (χ1n) is 10.7. The summed E-state index contributed by atoms with van der Waals surface area (Å²) in [6, 6.07) is 8.76. The summed E-state index contributed by atoms with van der Waals surface area (Å²) in [5, 5.41) is 0. The van der Waals surface area contributed by atoms with E-state index in [2.05, 4.69) is 0 Å². The summed E-state index contributed by atoms with van der Waals surface area (Å²) in [5.74, 6) is -1.18. The van der Waals surface area contributed by atoms with Gasteiger partial charge in [-0.1, -0.05) is 18.9 Å². The molecule has 2 amide bonds. The van der Waals surface area contributed by atoms with Crippen LogP contribution in [0.2, 0.25) is 0 Å². The quantitative estimate of drug-likeness (QED) is 0.715. The lowest BCUT2D eigenvalue weighted by Crippen LogP contribution is -2.35. The second kappa shape index (κ2) is 6.16. The van der Waals surface area contributed by atoms with Gasteiger partial charge in [-0.25, -0.2) is 17.1 Å². The summed E-state index contributed by atoms with van der Waals surface area (Å²) >= 11 is 0. The molecule has 6 rings (SSSR count). The van der Waals surface area contributed by atoms with Gasteiger partial charge in [0.1, 0.15) is 10.7 Å². The summed E-state index contributed by atoms with van der Waals surface area (Å²) in [4.78, 5) is 27.6. The first kappa shape index (κ1) is 19.0. The first-order valence-corrected chi connectivity index (χ1v) is 12.1. The molecule has 2 saturated carbocycles. The molecule has 2 aromatic carbocycles. The standard InChI is InChI=1S/C23H21FN2O4S/c24-17-4-3-5-18-20(17)23(10-1-2-11-23)13-25(18)21(27)14-6-9-16-19(12-14)31(29,30)26(22(16)28)15-7-8-15/h3-6,9,12,15H,1-2,7-8,10-11,13H2. The van der Waals surface area contributed by atoms with Crippen molar-refractivity contribution in [2.45, 2.75) is 54.9 Å². The van der Waals surface area contributed by atoms with Crippen LogP contribution in [0.25, 0.3) is 0 Å². The molecule has 0 radical (unpaired) electrons. The average Bonchev–Trinajstić information content (AvgIpc) is 3.30. The molecule has 4 aliphatic rings. The number of amides is 2. The fourth-order valence-corrected chi connectivity index (χ4v) is 7.42. The average molecular weight is 440 g/mol. The maximum atomic E-state index is 14.8. The maximum absolute atomic E-state index is 14.8. The number of sulfonamides is 1. The van der Waals surface area contributed by atoms with Crippen LogP contribution in [0.3, 0.4) is 0 Å². The van der Waals surface area contributed by atoms with Crippen molar-refractivity contribution in [2.75, 3.05) is 11.4 Å². The lowest BCUT2D eigenvalue weighted by Gasteiger charge is -2.25. The van der Waals surface area contributed by atoms with Crippen LogP contribution in [0.15, 0.2) is 41.3 Å². The number of halogens is 1. The predicted molar refractivity (Wildman–Crippen MR) is 111 cm³/mol. The van der Waals surface area contributed by atoms with Crippen LogP contribution in [-0.4, -0.2) is 37.1 Å². The van der Waals surface area contributed by atoms with Crippen molar-refractivity contribution in [1.29, 1.82) is 0 Å². The van der Waals surface area contributed by atoms with E-state index in [1.807, 2.05) is 0 Å². The van der Waals surface area contributed by atoms with E-state index in [0.29, 0.717) is 30.6 Å². The zero-order chi connectivity index (χ0) is 21.5. The van der Waals surface area contributed by atoms with Crippen LogP contribution >= 0.6 is 0 Å². The minimum Gasteiger partial charge on any atom is -0.307 e. The van der Waals surface area contributed by atoms with E-state index in [1.54, 1.807) is 17.0 Å². The van der Waals surface area contributed by atoms with Gasteiger partial charge in [0.25, 0.3) is 21.8 Å². The van der Waals surface area contributed by atoms with Gasteiger partial charge in [0.15, 0.2) is 0 Å². The topological polar surface area (TPSA) is 74.8 Å². The number of carbonyl (C=O) groups excluding carboxylic acids is 2. The summed E-state index contributed by atoms with van der Waals surface area (Å²) < 4.78 is 41.7. The third kappa shape index (κ3) is 2.51. The molecule has 0 N–H and O–H groups in total. The van der Waals surface area contributed by atoms with Crippen LogP contribution in [0.1, 0.15) is 64.8 Å². The van der Waals surface area contributed by atoms with Crippen molar-refractivity contribution in [3.63, 3.8) is 0 Å². The molecule has 0 bridgehead atoms. The fourth-order valence-electron chi connectivity index (χ4n) is 5.58. The molecule has 2 aromatic rings. The van der Waals surface area contributed by atoms with E-state index in [1.165, 1.54) is 24.3 Å². The van der Waals surface area contributed by atoms with Crippen molar-refractivity contribution in [3.05, 3.63) is 58.9 Å². The second-order valence-corrected chi connectivity index (χ2v) is 10.8. The largest absolute Gasteiger partial charge is 0.307 e. The minimum atomic E-state index is -3.95. The summed E-state index contributed by atoms with van der Waals surface area (Å²) in [6.07, 6.45) is 4.98. The highest BCUT2D eigenvalue weighted by atomic mass is 32.2. The summed E-state index contributed by atoms with van der Waals surface area (Å²) in [6.45, 7) is 0.388. The highest BCUT2D eigenvalue weighted by molar-refractivity contribution is 7.90. The molecular weight excluding hydrogens is 419 g/mol. The number of hydrogen-bond donors (Lipinski definition) is 0. The molecule has 31 heavy (non-hydrogen) atoms. The lowest BCUT2D eigenvalue weighted by atomic mass is 9.80. The molecule has 1 spiro atoms. The Balaban J connectivity index is 1.41. The van der Waals surface area contributed by atoms with Gasteiger partial charge in [-0.05, 0) is 56.0 Å². The molecule has 0 atom stereocenters. The number of nitrogens with zero attached hydrogens (tertiary/aromatic N) is 2. The van der Waals surface area contributed by atoms with E-state index in [4.69, 9.17) is 0 Å². The van der Waals surface area contributed by atoms with Gasteiger partial charge < -0.3 is 4.90 Å². The Bertz CT molecular complexity index is 1260. The van der Waals surface area contributed by atoms with Crippen molar-refractivity contribution in [2.24, 2.45) is 0 Å². The maximum Gasteiger partial charge on any atom is 0.269 e. The van der Waals surface area contributed by atoms with Crippen molar-refractivity contribution < 1.29 is 22.4 Å². The molecule has 0 unspecified atom stereocenters. The van der Waals surface area contributed by atoms with Crippen molar-refractivity contribution >= 4 is 27.5 Å². The number of fused-ring (bicyclic) bond motifs is 3. The zero-order valence-electron chi connectivity index (χ0n) is 16.8. The molecular formula is C23H21FN2O4S. The number of rotatable bonds is 2. The Kier molecular flexibility index (Phi) is 3.77. The van der Waals surface area contributed by atoms with Crippen LogP contribution in [0.4, 0.5) is 10.1 Å². The highest BCUT2D eigenvalue weighted by Crippen LogP contribution is 2.51. The molecule has 6 nitrogen and oxygen atoms in total. The monoisotopic (exact) mass is 440 g/mol. The van der Waals surface area contributed by atoms with Gasteiger partial charge in [-0.15, -0.1) is 0 Å². The van der Waals surface area contributed by atoms with Crippen LogP contribution in [0.5, 0.6) is 0 Å². The number of benzene rings is 2. The Hall–Kier alpha value is -2.74. The number of hydrogen-bond acceptors (Lipinski definition) is 4. The molecule has 2 fully saturated rings. The highest BCUT2D eigenvalue weighted by Gasteiger charge is 2.50. The van der Waals surface area contributed by atoms with E-state index >= 15 is 0 Å². The zero-order valence-corrected chi connectivity index (χ0v) is 17.6. The van der Waals surface area contributed by atoms with E-state index in [0.717, 1.165) is 30.0 Å². The molecule has 2 heterocycles. The number of carbonyl (C=O) groups is 2. The minimum absolute atomic E-state index is 0.107. The Morgan fingerprint density at radius 1 is 1.10 bits per heavy atom. The van der Waals surface area contributed by atoms with Crippen LogP contribution in [0, 0.1) is 5.82 Å². The van der Waals surface area contributed by atoms with Gasteiger partial charge in [0.2, 0.25) is 0 Å². The van der Waals surface area contributed by atoms with Crippen molar-refractivity contribution in [1.82, 2.24) is 4.31 Å². The van der Waals surface area contributed by atoms with Gasteiger partial charge in [-0.3, -0.25) is 9.59 Å². The molecule has 160 valence electrons. The third-order valence-corrected chi connectivity index (χ3v) is 9.03. The van der Waals surface area contributed by atoms with E-state index in [-0.39, 0.29) is 39.2 Å². The molecule has 2 aliphatic heterocycles. The van der Waals surface area contributed by atoms with E-state index in [9.17, 15) is 22.4 Å². The molecule has 8 heteroatoms. The Morgan fingerprint density at radius 3 is 2.55 bits per heavy atom. The predicted octanol–water partition coefficient (Wildman–Crippen LogP) is 3.60. The van der Waals surface area contributed by atoms with Gasteiger partial charge in [0.05, 0.1) is 11.3 Å². The number of anilines is 1. The second-order valence-electron chi connectivity index (χ2n) is 9.06. The summed E-state index contributed by atoms with van der Waals surface area (Å²) in [7, 11) is -3.95. The van der Waals surface area contributed by atoms with Gasteiger partial charge in [0, 0.05) is 29.1 Å². The van der Waals surface area contributed by atoms with Gasteiger partial charge in [-0.2, -0.15) is 0 Å². The SMILES string of the molecule is O=C(c1ccc2c(c1)S(=O)(=O)N(C1CC1)C2=O)N1CC2(CCCC2)c2c(F)cccc21. The smallest absolute Gasteiger partial charge is 0.269 e. The lowest BCUT2D eigenvalue weighted by molar-refractivity contribution is 0.0864. The Labute approximate surface area is 179 Å². The Morgan fingerprint density at radius 2 is 1.84 bits per heavy atom. The van der Waals surface area contributed by atoms with Gasteiger partial charge >= 0.3 is 0 Å².